The van der Waals surface area contributed by atoms with E-state index in [-0.39, 0.29) is 0 Å². The summed E-state index contributed by atoms with van der Waals surface area (Å²) in [5.41, 5.74) is 8.46. The van der Waals surface area contributed by atoms with E-state index >= 15 is 0 Å². The van der Waals surface area contributed by atoms with Gasteiger partial charge >= 0.3 is 0 Å². The van der Waals surface area contributed by atoms with Crippen LogP contribution in [-0.4, -0.2) is 42.4 Å². The summed E-state index contributed by atoms with van der Waals surface area (Å²) in [5, 5.41) is 9.16. The number of nitrogens with one attached hydrogen (secondary N) is 1. The molecule has 0 bridgehead atoms. The van der Waals surface area contributed by atoms with Gasteiger partial charge < -0.3 is 15.4 Å². The van der Waals surface area contributed by atoms with Gasteiger partial charge in [-0.3, -0.25) is 5.41 Å². The van der Waals surface area contributed by atoms with Crippen LogP contribution in [-0.2, 0) is 0 Å². The Hall–Kier alpha value is -2.21. The van der Waals surface area contributed by atoms with Gasteiger partial charge in [0.2, 0.25) is 0 Å². The number of thioether (sulfide) groups is 1. The van der Waals surface area contributed by atoms with Crippen molar-refractivity contribution in [3.8, 4) is 5.75 Å². The highest BCUT2D eigenvalue weighted by Crippen LogP contribution is 2.27. The molecule has 1 aromatic carbocycles. The number of ether oxygens (including phenoxy) is 1. The van der Waals surface area contributed by atoms with Crippen LogP contribution in [0.25, 0.3) is 0 Å². The fourth-order valence-corrected chi connectivity index (χ4v) is 3.21. The molecular weight excluding hydrogens is 308 g/mol. The molecule has 1 saturated heterocycles. The maximum atomic E-state index is 8.49. The van der Waals surface area contributed by atoms with Crippen LogP contribution in [0, 0.1) is 5.41 Å². The molecule has 3 N–H and O–H groups in total. The minimum atomic E-state index is 0.381. The number of methoxy groups -OCH3 is 1. The molecule has 0 amide bonds. The second-order valence-electron chi connectivity index (χ2n) is 5.49. The molecule has 1 fully saturated rings. The Labute approximate surface area is 140 Å². The van der Waals surface area contributed by atoms with Gasteiger partial charge in [0.05, 0.1) is 12.8 Å². The fraction of sp³-hybridized carbons (Fsp3) is 0.294. The number of nitrogens with two attached hydrogens (primary N) is 1. The maximum Gasteiger partial charge on any atom is 0.129 e. The van der Waals surface area contributed by atoms with Crippen LogP contribution in [0.1, 0.15) is 11.1 Å². The first-order valence-electron chi connectivity index (χ1n) is 7.39. The van der Waals surface area contributed by atoms with Gasteiger partial charge in [-0.1, -0.05) is 0 Å². The van der Waals surface area contributed by atoms with Crippen molar-refractivity contribution < 1.29 is 4.74 Å². The lowest BCUT2D eigenvalue weighted by Crippen LogP contribution is -2.49. The van der Waals surface area contributed by atoms with Crippen LogP contribution in [0.3, 0.4) is 0 Å². The summed E-state index contributed by atoms with van der Waals surface area (Å²) < 4.78 is 5.23. The Kier molecular flexibility index (Phi) is 4.43. The third-order valence-corrected chi connectivity index (χ3v) is 5.03. The van der Waals surface area contributed by atoms with Gasteiger partial charge in [-0.25, -0.2) is 4.98 Å². The van der Waals surface area contributed by atoms with E-state index in [0.29, 0.717) is 28.0 Å². The van der Waals surface area contributed by atoms with Gasteiger partial charge in [-0.05, 0) is 36.6 Å². The molecular formula is C17H20N4OS. The number of hydrogen-bond donors (Lipinski definition) is 2. The first-order valence-corrected chi connectivity index (χ1v) is 8.67. The third kappa shape index (κ3) is 3.12. The van der Waals surface area contributed by atoms with Crippen molar-refractivity contribution >= 4 is 29.0 Å². The molecule has 0 unspecified atom stereocenters. The molecule has 0 spiro atoms. The standard InChI is InChI=1S/C17H20N4OS/c1-22-12-3-4-15(18)14(8-12)17(19)11-5-6-20-16(7-11)21-9-13(10-21)23-2/h3-8,13,19H,9-10,18H2,1-2H3. The molecule has 1 aromatic heterocycles. The first kappa shape index (κ1) is 15.7. The highest BCUT2D eigenvalue weighted by molar-refractivity contribution is 7.99. The SMILES string of the molecule is COc1ccc(N)c(C(=N)c2ccnc(N3CC(SC)C3)c2)c1. The van der Waals surface area contributed by atoms with Gasteiger partial charge in [0.1, 0.15) is 11.6 Å². The van der Waals surface area contributed by atoms with E-state index in [1.807, 2.05) is 23.9 Å². The summed E-state index contributed by atoms with van der Waals surface area (Å²) in [4.78, 5) is 6.66. The van der Waals surface area contributed by atoms with Gasteiger partial charge in [0, 0.05) is 41.4 Å². The van der Waals surface area contributed by atoms with E-state index in [9.17, 15) is 0 Å². The van der Waals surface area contributed by atoms with E-state index in [2.05, 4.69) is 16.1 Å². The van der Waals surface area contributed by atoms with Crippen LogP contribution in [0.15, 0.2) is 36.5 Å². The Balaban J connectivity index is 1.86. The summed E-state index contributed by atoms with van der Waals surface area (Å²) in [6, 6.07) is 9.16. The molecule has 5 nitrogen and oxygen atoms in total. The second-order valence-corrected chi connectivity index (χ2v) is 6.63. The number of rotatable bonds is 5. The minimum absolute atomic E-state index is 0.381. The van der Waals surface area contributed by atoms with E-state index in [1.165, 1.54) is 0 Å². The number of pyridine rings is 1. The highest BCUT2D eigenvalue weighted by atomic mass is 32.2. The van der Waals surface area contributed by atoms with Crippen LogP contribution in [0.4, 0.5) is 11.5 Å². The van der Waals surface area contributed by atoms with Crippen LogP contribution >= 0.6 is 11.8 Å². The number of nitrogen functional groups attached to an aromatic ring is 1. The first-order chi connectivity index (χ1) is 11.1. The molecule has 0 saturated carbocycles. The Morgan fingerprint density at radius 3 is 2.83 bits per heavy atom. The molecule has 0 radical (unpaired) electrons. The largest absolute Gasteiger partial charge is 0.497 e. The summed E-state index contributed by atoms with van der Waals surface area (Å²) in [6.07, 6.45) is 3.88. The number of aromatic nitrogens is 1. The summed E-state index contributed by atoms with van der Waals surface area (Å²) >= 11 is 1.88. The minimum Gasteiger partial charge on any atom is -0.497 e. The molecule has 0 atom stereocenters. The maximum absolute atomic E-state index is 8.49. The monoisotopic (exact) mass is 328 g/mol. The van der Waals surface area contributed by atoms with Gasteiger partial charge in [0.25, 0.3) is 0 Å². The Morgan fingerprint density at radius 2 is 2.13 bits per heavy atom. The average Bonchev–Trinajstić information content (AvgIpc) is 2.54. The number of hydrogen-bond acceptors (Lipinski definition) is 6. The van der Waals surface area contributed by atoms with Crippen molar-refractivity contribution in [2.24, 2.45) is 0 Å². The van der Waals surface area contributed by atoms with Crippen LogP contribution in [0.5, 0.6) is 5.75 Å². The summed E-state index contributed by atoms with van der Waals surface area (Å²) in [5.74, 6) is 1.61. The van der Waals surface area contributed by atoms with E-state index in [0.717, 1.165) is 24.5 Å². The van der Waals surface area contributed by atoms with E-state index in [4.69, 9.17) is 15.9 Å². The topological polar surface area (TPSA) is 75.2 Å². The Bertz CT molecular complexity index is 728. The lowest BCUT2D eigenvalue weighted by Gasteiger charge is -2.39. The molecule has 2 aromatic rings. The zero-order valence-electron chi connectivity index (χ0n) is 13.2. The van der Waals surface area contributed by atoms with Crippen molar-refractivity contribution in [3.05, 3.63) is 47.7 Å². The lowest BCUT2D eigenvalue weighted by atomic mass is 10.0. The highest BCUT2D eigenvalue weighted by Gasteiger charge is 2.27. The normalized spacial score (nSPS) is 14.4. The average molecular weight is 328 g/mol. The number of anilines is 2. The molecule has 6 heteroatoms. The fourth-order valence-electron chi connectivity index (χ4n) is 2.56. The van der Waals surface area contributed by atoms with Crippen LogP contribution in [0.2, 0.25) is 0 Å². The van der Waals surface area contributed by atoms with Crippen molar-refractivity contribution in [2.45, 2.75) is 5.25 Å². The zero-order chi connectivity index (χ0) is 16.4. The zero-order valence-corrected chi connectivity index (χ0v) is 14.1. The molecule has 23 heavy (non-hydrogen) atoms. The number of nitrogens with zero attached hydrogens (tertiary/aromatic N) is 2. The summed E-state index contributed by atoms with van der Waals surface area (Å²) in [7, 11) is 1.61. The van der Waals surface area contributed by atoms with Gasteiger partial charge in [0.15, 0.2) is 0 Å². The third-order valence-electron chi connectivity index (χ3n) is 4.07. The van der Waals surface area contributed by atoms with E-state index in [1.54, 1.807) is 31.5 Å². The van der Waals surface area contributed by atoms with Crippen molar-refractivity contribution in [3.63, 3.8) is 0 Å². The molecule has 3 rings (SSSR count). The van der Waals surface area contributed by atoms with E-state index < -0.39 is 0 Å². The number of benzene rings is 1. The predicted molar refractivity (Wildman–Crippen MR) is 97.1 cm³/mol. The Morgan fingerprint density at radius 1 is 1.35 bits per heavy atom. The lowest BCUT2D eigenvalue weighted by molar-refractivity contribution is 0.415. The van der Waals surface area contributed by atoms with Crippen molar-refractivity contribution in [1.29, 1.82) is 5.41 Å². The molecule has 120 valence electrons. The molecule has 2 heterocycles. The van der Waals surface area contributed by atoms with Gasteiger partial charge in [-0.15, -0.1) is 0 Å². The molecule has 0 aliphatic carbocycles. The summed E-state index contributed by atoms with van der Waals surface area (Å²) in [6.45, 7) is 2.01. The van der Waals surface area contributed by atoms with Gasteiger partial charge in [-0.2, -0.15) is 11.8 Å². The predicted octanol–water partition coefficient (Wildman–Crippen LogP) is 2.64. The quantitative estimate of drug-likeness (QED) is 0.652. The van der Waals surface area contributed by atoms with Crippen molar-refractivity contribution in [1.82, 2.24) is 4.98 Å². The van der Waals surface area contributed by atoms with Crippen LogP contribution < -0.4 is 15.4 Å². The van der Waals surface area contributed by atoms with Crippen molar-refractivity contribution in [2.75, 3.05) is 37.1 Å². The molecule has 1 aliphatic rings. The second kappa shape index (κ2) is 6.50. The molecule has 1 aliphatic heterocycles. The smallest absolute Gasteiger partial charge is 0.129 e.